The van der Waals surface area contributed by atoms with Gasteiger partial charge in [0.1, 0.15) is 0 Å². The molecule has 1 rings (SSSR count). The molecule has 1 aromatic heterocycles. The van der Waals surface area contributed by atoms with Crippen LogP contribution in [0.2, 0.25) is 0 Å². The average Bonchev–Trinajstić information content (AvgIpc) is 2.15. The van der Waals surface area contributed by atoms with E-state index in [2.05, 4.69) is 22.6 Å². The van der Waals surface area contributed by atoms with E-state index in [1.54, 1.807) is 26.2 Å². The van der Waals surface area contributed by atoms with Gasteiger partial charge in [0, 0.05) is 18.5 Å². The molecule has 0 aromatic carbocycles. The molecule has 0 unspecified atom stereocenters. The molecule has 0 aliphatic rings. The van der Waals surface area contributed by atoms with Crippen LogP contribution < -0.4 is 0 Å². The van der Waals surface area contributed by atoms with E-state index in [1.807, 2.05) is 0 Å². The molecule has 0 fully saturated rings. The summed E-state index contributed by atoms with van der Waals surface area (Å²) in [6, 6.07) is 0. The molecule has 10 heavy (non-hydrogen) atoms. The molecular formula is C6H12N2OS. The van der Waals surface area contributed by atoms with Crippen molar-refractivity contribution in [2.45, 2.75) is 25.1 Å². The number of aromatic nitrogens is 2. The van der Waals surface area contributed by atoms with Gasteiger partial charge < -0.3 is 10.1 Å². The van der Waals surface area contributed by atoms with Crippen molar-refractivity contribution in [2.75, 3.05) is 0 Å². The summed E-state index contributed by atoms with van der Waals surface area (Å²) in [4.78, 5) is 6.48. The number of nitrogens with zero attached hydrogens (tertiary/aromatic N) is 1. The second kappa shape index (κ2) is 5.32. The number of thiol groups is 1. The molecule has 58 valence electrons. The quantitative estimate of drug-likeness (QED) is 0.497. The van der Waals surface area contributed by atoms with Gasteiger partial charge in [-0.15, -0.1) is 12.6 Å². The van der Waals surface area contributed by atoms with E-state index >= 15 is 0 Å². The van der Waals surface area contributed by atoms with Gasteiger partial charge in [-0.05, 0) is 13.8 Å². The van der Waals surface area contributed by atoms with Crippen molar-refractivity contribution < 1.29 is 5.11 Å². The molecule has 0 bridgehead atoms. The van der Waals surface area contributed by atoms with Crippen LogP contribution in [0.4, 0.5) is 0 Å². The Kier molecular flexibility index (Phi) is 5.06. The summed E-state index contributed by atoms with van der Waals surface area (Å²) in [7, 11) is 0. The molecule has 0 radical (unpaired) electrons. The number of H-pyrrole nitrogens is 1. The summed E-state index contributed by atoms with van der Waals surface area (Å²) in [5, 5.41) is 8.72. The van der Waals surface area contributed by atoms with E-state index in [4.69, 9.17) is 5.11 Å². The largest absolute Gasteiger partial charge is 0.394 e. The van der Waals surface area contributed by atoms with Gasteiger partial charge in [-0.3, -0.25) is 0 Å². The van der Waals surface area contributed by atoms with Crippen molar-refractivity contribution >= 4 is 12.6 Å². The second-order valence-electron chi connectivity index (χ2n) is 2.01. The molecule has 2 N–H and O–H groups in total. The standard InChI is InChI=1S/C3H4N2S.C3H8O/c6-3-4-1-2-5-3;1-3(2)4/h1-2H,(H2,4,5,6);3-4H,1-2H3. The molecule has 0 spiro atoms. The number of nitrogens with one attached hydrogen (secondary N) is 1. The third-order valence-corrected chi connectivity index (χ3v) is 0.728. The highest BCUT2D eigenvalue weighted by Gasteiger charge is 1.75. The van der Waals surface area contributed by atoms with Crippen LogP contribution in [0.25, 0.3) is 0 Å². The zero-order valence-corrected chi connectivity index (χ0v) is 6.97. The lowest BCUT2D eigenvalue weighted by molar-refractivity contribution is 0.216. The predicted molar refractivity (Wildman–Crippen MR) is 43.2 cm³/mol. The van der Waals surface area contributed by atoms with Gasteiger partial charge in [0.25, 0.3) is 0 Å². The zero-order valence-electron chi connectivity index (χ0n) is 6.07. The molecule has 1 heterocycles. The fraction of sp³-hybridized carbons (Fsp3) is 0.500. The number of imidazole rings is 1. The maximum absolute atomic E-state index is 8.06. The Morgan fingerprint density at radius 2 is 2.20 bits per heavy atom. The van der Waals surface area contributed by atoms with Crippen LogP contribution in [-0.2, 0) is 0 Å². The minimum atomic E-state index is -0.167. The molecule has 0 atom stereocenters. The Morgan fingerprint density at radius 1 is 1.70 bits per heavy atom. The number of aromatic amines is 1. The van der Waals surface area contributed by atoms with Crippen LogP contribution in [-0.4, -0.2) is 21.2 Å². The van der Waals surface area contributed by atoms with Gasteiger partial charge in [-0.2, -0.15) is 0 Å². The summed E-state index contributed by atoms with van der Waals surface area (Å²) in [6.07, 6.45) is 3.21. The first-order valence-corrected chi connectivity index (χ1v) is 3.44. The molecule has 1 aromatic rings. The smallest absolute Gasteiger partial charge is 0.162 e. The van der Waals surface area contributed by atoms with Crippen LogP contribution >= 0.6 is 12.6 Å². The summed E-state index contributed by atoms with van der Waals surface area (Å²) < 4.78 is 0. The molecule has 0 saturated carbocycles. The monoisotopic (exact) mass is 160 g/mol. The third kappa shape index (κ3) is 7.52. The highest BCUT2D eigenvalue weighted by Crippen LogP contribution is 1.89. The predicted octanol–water partition coefficient (Wildman–Crippen LogP) is 1.09. The summed E-state index contributed by atoms with van der Waals surface area (Å²) in [5.41, 5.74) is 0. The number of aliphatic hydroxyl groups is 1. The van der Waals surface area contributed by atoms with Gasteiger partial charge in [-0.1, -0.05) is 0 Å². The van der Waals surface area contributed by atoms with E-state index in [1.165, 1.54) is 0 Å². The topological polar surface area (TPSA) is 48.9 Å². The highest BCUT2D eigenvalue weighted by molar-refractivity contribution is 7.80. The lowest BCUT2D eigenvalue weighted by Gasteiger charge is -1.80. The molecular weight excluding hydrogens is 148 g/mol. The van der Waals surface area contributed by atoms with Gasteiger partial charge in [0.05, 0.1) is 0 Å². The number of hydrogen-bond donors (Lipinski definition) is 3. The zero-order chi connectivity index (χ0) is 7.98. The van der Waals surface area contributed by atoms with Crippen molar-refractivity contribution in [3.63, 3.8) is 0 Å². The minimum absolute atomic E-state index is 0.167. The first-order valence-electron chi connectivity index (χ1n) is 2.99. The van der Waals surface area contributed by atoms with E-state index < -0.39 is 0 Å². The molecule has 0 amide bonds. The normalized spacial score (nSPS) is 8.90. The summed E-state index contributed by atoms with van der Waals surface area (Å²) >= 11 is 3.87. The number of hydrogen-bond acceptors (Lipinski definition) is 3. The van der Waals surface area contributed by atoms with Crippen LogP contribution in [0.3, 0.4) is 0 Å². The van der Waals surface area contributed by atoms with Crippen LogP contribution in [0, 0.1) is 0 Å². The van der Waals surface area contributed by atoms with E-state index in [0.29, 0.717) is 5.16 Å². The van der Waals surface area contributed by atoms with E-state index in [9.17, 15) is 0 Å². The van der Waals surface area contributed by atoms with E-state index in [0.717, 1.165) is 0 Å². The lowest BCUT2D eigenvalue weighted by atomic mass is 10.5. The first kappa shape index (κ1) is 9.52. The van der Waals surface area contributed by atoms with Crippen molar-refractivity contribution in [3.8, 4) is 0 Å². The van der Waals surface area contributed by atoms with E-state index in [-0.39, 0.29) is 6.10 Å². The molecule has 4 heteroatoms. The summed E-state index contributed by atoms with van der Waals surface area (Å²) in [6.45, 7) is 3.44. The Labute approximate surface area is 65.9 Å². The summed E-state index contributed by atoms with van der Waals surface area (Å²) in [5.74, 6) is 0. The lowest BCUT2D eigenvalue weighted by Crippen LogP contribution is -1.85. The fourth-order valence-electron chi connectivity index (χ4n) is 0.257. The number of aliphatic hydroxyl groups excluding tert-OH is 1. The maximum Gasteiger partial charge on any atom is 0.162 e. The average molecular weight is 160 g/mol. The van der Waals surface area contributed by atoms with Gasteiger partial charge in [0.15, 0.2) is 5.16 Å². The van der Waals surface area contributed by atoms with Crippen molar-refractivity contribution in [1.82, 2.24) is 9.97 Å². The molecule has 0 aliphatic carbocycles. The van der Waals surface area contributed by atoms with Crippen LogP contribution in [0.15, 0.2) is 17.6 Å². The van der Waals surface area contributed by atoms with Gasteiger partial charge in [0.2, 0.25) is 0 Å². The Hall–Kier alpha value is -0.480. The Morgan fingerprint density at radius 3 is 2.30 bits per heavy atom. The van der Waals surface area contributed by atoms with Crippen LogP contribution in [0.5, 0.6) is 0 Å². The molecule has 0 aliphatic heterocycles. The van der Waals surface area contributed by atoms with Gasteiger partial charge >= 0.3 is 0 Å². The number of rotatable bonds is 0. The van der Waals surface area contributed by atoms with Crippen molar-refractivity contribution in [3.05, 3.63) is 12.4 Å². The minimum Gasteiger partial charge on any atom is -0.394 e. The first-order chi connectivity index (χ1) is 4.63. The maximum atomic E-state index is 8.06. The molecule has 3 nitrogen and oxygen atoms in total. The van der Waals surface area contributed by atoms with Gasteiger partial charge in [-0.25, -0.2) is 4.98 Å². The van der Waals surface area contributed by atoms with Crippen molar-refractivity contribution in [1.29, 1.82) is 0 Å². The Balaban J connectivity index is 0.000000180. The third-order valence-electron chi connectivity index (χ3n) is 0.484. The SMILES string of the molecule is CC(C)O.Sc1ncc[nH]1. The fourth-order valence-corrected chi connectivity index (χ4v) is 0.398. The highest BCUT2D eigenvalue weighted by atomic mass is 32.1. The second-order valence-corrected chi connectivity index (χ2v) is 2.43. The molecule has 0 saturated heterocycles. The van der Waals surface area contributed by atoms with Crippen LogP contribution in [0.1, 0.15) is 13.8 Å². The Bertz CT molecular complexity index is 148. The van der Waals surface area contributed by atoms with Crippen molar-refractivity contribution in [2.24, 2.45) is 0 Å².